The van der Waals surface area contributed by atoms with Gasteiger partial charge in [0.2, 0.25) is 0 Å². The SMILES string of the molecule is COC(=O)C(O)CCn1c(=O)n(C)c2ccc(Nc3ccnc(Cl)c3C#N)cc21. The number of aryl methyl sites for hydroxylation is 2. The Kier molecular flexibility index (Phi) is 5.87. The predicted octanol–water partition coefficient (Wildman–Crippen LogP) is 1.93. The molecule has 0 radical (unpaired) electrons. The number of nitriles is 1. The monoisotopic (exact) mass is 415 g/mol. The van der Waals surface area contributed by atoms with Crippen molar-refractivity contribution in [3.63, 3.8) is 0 Å². The number of ether oxygens (including phenoxy) is 1. The third kappa shape index (κ3) is 3.94. The average molecular weight is 416 g/mol. The summed E-state index contributed by atoms with van der Waals surface area (Å²) in [4.78, 5) is 27.9. The summed E-state index contributed by atoms with van der Waals surface area (Å²) < 4.78 is 7.46. The third-order valence-electron chi connectivity index (χ3n) is 4.54. The fraction of sp³-hybridized carbons (Fsp3) is 0.263. The lowest BCUT2D eigenvalue weighted by atomic mass is 10.2. The highest BCUT2D eigenvalue weighted by molar-refractivity contribution is 6.31. The van der Waals surface area contributed by atoms with Crippen LogP contribution in [0.3, 0.4) is 0 Å². The van der Waals surface area contributed by atoms with Crippen LogP contribution in [0, 0.1) is 11.3 Å². The van der Waals surface area contributed by atoms with Crippen LogP contribution in [0.4, 0.5) is 11.4 Å². The molecule has 0 bridgehead atoms. The maximum atomic E-state index is 12.6. The van der Waals surface area contributed by atoms with E-state index in [1.807, 2.05) is 6.07 Å². The number of aliphatic hydroxyl groups excluding tert-OH is 1. The van der Waals surface area contributed by atoms with Gasteiger partial charge in [-0.2, -0.15) is 5.26 Å². The van der Waals surface area contributed by atoms with Crippen molar-refractivity contribution in [2.24, 2.45) is 7.05 Å². The Labute approximate surface area is 170 Å². The Morgan fingerprint density at radius 2 is 2.17 bits per heavy atom. The number of benzene rings is 1. The highest BCUT2D eigenvalue weighted by Gasteiger charge is 2.18. The van der Waals surface area contributed by atoms with E-state index in [9.17, 15) is 20.0 Å². The van der Waals surface area contributed by atoms with E-state index in [1.54, 1.807) is 31.3 Å². The number of aliphatic hydroxyl groups is 1. The average Bonchev–Trinajstić information content (AvgIpc) is 2.95. The standard InChI is InChI=1S/C19H18ClN5O4/c1-24-14-4-3-11(23-13-5-7-22-17(20)12(13)10-21)9-15(14)25(19(24)28)8-6-16(26)18(27)29-2/h3-5,7,9,16,26H,6,8H2,1-2H3,(H,22,23). The van der Waals surface area contributed by atoms with E-state index in [4.69, 9.17) is 11.6 Å². The molecule has 1 aromatic carbocycles. The zero-order valence-electron chi connectivity index (χ0n) is 15.7. The maximum absolute atomic E-state index is 12.6. The van der Waals surface area contributed by atoms with E-state index < -0.39 is 12.1 Å². The fourth-order valence-corrected chi connectivity index (χ4v) is 3.21. The summed E-state index contributed by atoms with van der Waals surface area (Å²) in [5.41, 5.74) is 2.33. The number of aromatic nitrogens is 3. The molecule has 29 heavy (non-hydrogen) atoms. The molecular weight excluding hydrogens is 398 g/mol. The molecule has 150 valence electrons. The normalized spacial score (nSPS) is 11.8. The molecule has 0 aliphatic carbocycles. The van der Waals surface area contributed by atoms with Crippen molar-refractivity contribution in [3.05, 3.63) is 51.7 Å². The Morgan fingerprint density at radius 3 is 2.86 bits per heavy atom. The van der Waals surface area contributed by atoms with Gasteiger partial charge in [-0.15, -0.1) is 0 Å². The molecule has 3 rings (SSSR count). The molecule has 3 aromatic rings. The molecule has 0 saturated carbocycles. The van der Waals surface area contributed by atoms with E-state index in [2.05, 4.69) is 15.0 Å². The van der Waals surface area contributed by atoms with E-state index in [-0.39, 0.29) is 29.4 Å². The Morgan fingerprint density at radius 1 is 1.41 bits per heavy atom. The number of rotatable bonds is 6. The Balaban J connectivity index is 1.97. The lowest BCUT2D eigenvalue weighted by molar-refractivity contribution is -0.150. The van der Waals surface area contributed by atoms with Gasteiger partial charge in [-0.25, -0.2) is 14.6 Å². The van der Waals surface area contributed by atoms with Crippen LogP contribution >= 0.6 is 11.6 Å². The number of nitrogens with zero attached hydrogens (tertiary/aromatic N) is 4. The summed E-state index contributed by atoms with van der Waals surface area (Å²) >= 11 is 5.96. The number of esters is 1. The van der Waals surface area contributed by atoms with Gasteiger partial charge in [0.1, 0.15) is 16.8 Å². The fourth-order valence-electron chi connectivity index (χ4n) is 3.01. The second-order valence-electron chi connectivity index (χ2n) is 6.29. The highest BCUT2D eigenvalue weighted by atomic mass is 35.5. The maximum Gasteiger partial charge on any atom is 0.334 e. The van der Waals surface area contributed by atoms with Gasteiger partial charge in [0, 0.05) is 31.9 Å². The largest absolute Gasteiger partial charge is 0.467 e. The predicted molar refractivity (Wildman–Crippen MR) is 107 cm³/mol. The molecule has 1 unspecified atom stereocenters. The van der Waals surface area contributed by atoms with Gasteiger partial charge in [0.25, 0.3) is 0 Å². The molecule has 10 heteroatoms. The second-order valence-corrected chi connectivity index (χ2v) is 6.64. The Bertz CT molecular complexity index is 1180. The summed E-state index contributed by atoms with van der Waals surface area (Å²) in [6.45, 7) is 0.125. The van der Waals surface area contributed by atoms with Crippen molar-refractivity contribution in [3.8, 4) is 6.07 Å². The molecule has 0 aliphatic heterocycles. The van der Waals surface area contributed by atoms with Crippen molar-refractivity contribution >= 4 is 40.0 Å². The lowest BCUT2D eigenvalue weighted by Gasteiger charge is -2.11. The van der Waals surface area contributed by atoms with E-state index in [0.29, 0.717) is 22.4 Å². The molecule has 0 spiro atoms. The topological polar surface area (TPSA) is 122 Å². The van der Waals surface area contributed by atoms with Crippen LogP contribution in [0.25, 0.3) is 11.0 Å². The van der Waals surface area contributed by atoms with Crippen LogP contribution in [0.1, 0.15) is 12.0 Å². The summed E-state index contributed by atoms with van der Waals surface area (Å²) in [5, 5.41) is 22.3. The first kappa shape index (κ1) is 20.4. The van der Waals surface area contributed by atoms with Crippen molar-refractivity contribution in [2.75, 3.05) is 12.4 Å². The molecule has 0 amide bonds. The number of hydrogen-bond donors (Lipinski definition) is 2. The second kappa shape index (κ2) is 8.34. The highest BCUT2D eigenvalue weighted by Crippen LogP contribution is 2.26. The first-order valence-corrected chi connectivity index (χ1v) is 9.02. The van der Waals surface area contributed by atoms with Gasteiger partial charge < -0.3 is 15.2 Å². The number of carbonyl (C=O) groups is 1. The summed E-state index contributed by atoms with van der Waals surface area (Å²) in [5.74, 6) is -0.751. The molecule has 9 nitrogen and oxygen atoms in total. The molecule has 2 heterocycles. The number of anilines is 2. The minimum atomic E-state index is -1.32. The molecular formula is C19H18ClN5O4. The van der Waals surface area contributed by atoms with Gasteiger partial charge >= 0.3 is 11.7 Å². The minimum Gasteiger partial charge on any atom is -0.467 e. The van der Waals surface area contributed by atoms with Gasteiger partial charge in [-0.05, 0) is 24.3 Å². The summed E-state index contributed by atoms with van der Waals surface area (Å²) in [7, 11) is 2.83. The quantitative estimate of drug-likeness (QED) is 0.465. The number of pyridine rings is 1. The van der Waals surface area contributed by atoms with Crippen molar-refractivity contribution < 1.29 is 14.6 Å². The minimum absolute atomic E-state index is 0.0297. The van der Waals surface area contributed by atoms with E-state index >= 15 is 0 Å². The number of nitrogens with one attached hydrogen (secondary N) is 1. The number of methoxy groups -OCH3 is 1. The van der Waals surface area contributed by atoms with Crippen molar-refractivity contribution in [1.82, 2.24) is 14.1 Å². The first-order chi connectivity index (χ1) is 13.9. The zero-order chi connectivity index (χ0) is 21.1. The summed E-state index contributed by atoms with van der Waals surface area (Å²) in [6.07, 6.45) is 0.194. The smallest absolute Gasteiger partial charge is 0.334 e. The Hall–Kier alpha value is -3.35. The van der Waals surface area contributed by atoms with Crippen LogP contribution < -0.4 is 11.0 Å². The van der Waals surface area contributed by atoms with Gasteiger partial charge in [-0.3, -0.25) is 9.13 Å². The zero-order valence-corrected chi connectivity index (χ0v) is 16.5. The summed E-state index contributed by atoms with van der Waals surface area (Å²) in [6, 6.07) is 8.91. The number of hydrogen-bond acceptors (Lipinski definition) is 7. The van der Waals surface area contributed by atoms with Crippen LogP contribution in [0.5, 0.6) is 0 Å². The molecule has 2 aromatic heterocycles. The van der Waals surface area contributed by atoms with Crippen molar-refractivity contribution in [2.45, 2.75) is 19.1 Å². The number of fused-ring (bicyclic) bond motifs is 1. The van der Waals surface area contributed by atoms with E-state index in [1.165, 1.54) is 22.4 Å². The van der Waals surface area contributed by atoms with Gasteiger partial charge in [0.15, 0.2) is 6.10 Å². The van der Waals surface area contributed by atoms with E-state index in [0.717, 1.165) is 0 Å². The number of imidazole rings is 1. The lowest BCUT2D eigenvalue weighted by Crippen LogP contribution is -2.27. The molecule has 2 N–H and O–H groups in total. The van der Waals surface area contributed by atoms with Crippen LogP contribution in [0.2, 0.25) is 5.15 Å². The molecule has 0 saturated heterocycles. The molecule has 0 aliphatic rings. The van der Waals surface area contributed by atoms with Gasteiger partial charge in [-0.1, -0.05) is 11.6 Å². The third-order valence-corrected chi connectivity index (χ3v) is 4.83. The number of halogens is 1. The van der Waals surface area contributed by atoms with Crippen LogP contribution in [0.15, 0.2) is 35.3 Å². The van der Waals surface area contributed by atoms with Crippen LogP contribution in [-0.4, -0.2) is 38.4 Å². The van der Waals surface area contributed by atoms with Crippen LogP contribution in [-0.2, 0) is 23.1 Å². The van der Waals surface area contributed by atoms with Gasteiger partial charge in [0.05, 0.1) is 23.8 Å². The first-order valence-electron chi connectivity index (χ1n) is 8.64. The molecule has 1 atom stereocenters. The molecule has 0 fully saturated rings. The van der Waals surface area contributed by atoms with Crippen molar-refractivity contribution in [1.29, 1.82) is 5.26 Å². The number of carbonyl (C=O) groups excluding carboxylic acids is 1.